The van der Waals surface area contributed by atoms with Crippen molar-refractivity contribution in [3.63, 3.8) is 0 Å². The fraction of sp³-hybridized carbons (Fsp3) is 0.833. The Morgan fingerprint density at radius 3 is 2.20 bits per heavy atom. The summed E-state index contributed by atoms with van der Waals surface area (Å²) in [5.41, 5.74) is 4.19. The zero-order valence-electron chi connectivity index (χ0n) is 10.4. The fourth-order valence-corrected chi connectivity index (χ4v) is 2.54. The van der Waals surface area contributed by atoms with Crippen LogP contribution in [0.25, 0.3) is 0 Å². The molecule has 1 heterocycles. The van der Waals surface area contributed by atoms with Gasteiger partial charge in [-0.2, -0.15) is 0 Å². The summed E-state index contributed by atoms with van der Waals surface area (Å²) in [6.07, 6.45) is 2.79. The SMILES string of the molecule is CC(C)=CC(NN)C1C(C)OC(C)C1C. The van der Waals surface area contributed by atoms with E-state index in [1.54, 1.807) is 0 Å². The lowest BCUT2D eigenvalue weighted by Crippen LogP contribution is -2.44. The molecule has 1 rings (SSSR count). The van der Waals surface area contributed by atoms with E-state index in [-0.39, 0.29) is 12.1 Å². The van der Waals surface area contributed by atoms with Crippen molar-refractivity contribution in [3.05, 3.63) is 11.6 Å². The number of ether oxygens (including phenoxy) is 1. The lowest BCUT2D eigenvalue weighted by Gasteiger charge is -2.26. The molecule has 3 N–H and O–H groups in total. The van der Waals surface area contributed by atoms with E-state index in [1.165, 1.54) is 5.57 Å². The van der Waals surface area contributed by atoms with Gasteiger partial charge >= 0.3 is 0 Å². The Labute approximate surface area is 93.0 Å². The molecule has 3 nitrogen and oxygen atoms in total. The molecule has 1 aliphatic rings. The fourth-order valence-electron chi connectivity index (χ4n) is 2.54. The standard InChI is InChI=1S/C12H24N2O/c1-7(2)6-11(14-13)12-8(3)9(4)15-10(12)5/h6,8-12,14H,13H2,1-5H3. The molecule has 0 aromatic rings. The molecule has 88 valence electrons. The molecule has 1 aliphatic heterocycles. The maximum absolute atomic E-state index is 5.83. The van der Waals surface area contributed by atoms with Crippen molar-refractivity contribution in [1.29, 1.82) is 0 Å². The quantitative estimate of drug-likeness (QED) is 0.426. The summed E-state index contributed by atoms with van der Waals surface area (Å²) in [6, 6.07) is 0.213. The van der Waals surface area contributed by atoms with Crippen LogP contribution in [-0.2, 0) is 4.74 Å². The molecule has 0 amide bonds. The van der Waals surface area contributed by atoms with E-state index in [2.05, 4.69) is 46.1 Å². The monoisotopic (exact) mass is 212 g/mol. The maximum Gasteiger partial charge on any atom is 0.0600 e. The third-order valence-corrected chi connectivity index (χ3v) is 3.44. The van der Waals surface area contributed by atoms with Gasteiger partial charge < -0.3 is 4.74 Å². The first kappa shape index (κ1) is 12.7. The van der Waals surface area contributed by atoms with E-state index in [9.17, 15) is 0 Å². The summed E-state index contributed by atoms with van der Waals surface area (Å²) in [6.45, 7) is 10.7. The minimum Gasteiger partial charge on any atom is -0.375 e. The van der Waals surface area contributed by atoms with E-state index in [4.69, 9.17) is 10.6 Å². The van der Waals surface area contributed by atoms with Gasteiger partial charge in [0.05, 0.1) is 12.2 Å². The zero-order chi connectivity index (χ0) is 11.6. The zero-order valence-corrected chi connectivity index (χ0v) is 10.4. The molecule has 0 aromatic carbocycles. The average molecular weight is 212 g/mol. The van der Waals surface area contributed by atoms with Gasteiger partial charge in [-0.15, -0.1) is 0 Å². The highest BCUT2D eigenvalue weighted by Gasteiger charge is 2.40. The molecule has 1 saturated heterocycles. The molecule has 0 aromatic heterocycles. The Bertz CT molecular complexity index is 236. The summed E-state index contributed by atoms with van der Waals surface area (Å²) in [7, 11) is 0. The number of nitrogens with one attached hydrogen (secondary N) is 1. The predicted molar refractivity (Wildman–Crippen MR) is 63.2 cm³/mol. The van der Waals surface area contributed by atoms with Crippen molar-refractivity contribution in [1.82, 2.24) is 5.43 Å². The van der Waals surface area contributed by atoms with Crippen LogP contribution < -0.4 is 11.3 Å². The molecule has 3 heteroatoms. The third kappa shape index (κ3) is 2.80. The summed E-state index contributed by atoms with van der Waals surface area (Å²) >= 11 is 0. The van der Waals surface area contributed by atoms with Gasteiger partial charge in [-0.05, 0) is 33.6 Å². The van der Waals surface area contributed by atoms with Crippen LogP contribution >= 0.6 is 0 Å². The van der Waals surface area contributed by atoms with Crippen LogP contribution in [0.2, 0.25) is 0 Å². The Hall–Kier alpha value is -0.380. The molecule has 5 unspecified atom stereocenters. The molecule has 1 fully saturated rings. The first-order valence-electron chi connectivity index (χ1n) is 5.74. The third-order valence-electron chi connectivity index (χ3n) is 3.44. The number of hydrogen-bond donors (Lipinski definition) is 2. The van der Waals surface area contributed by atoms with Gasteiger partial charge in [-0.1, -0.05) is 18.6 Å². The van der Waals surface area contributed by atoms with Crippen LogP contribution in [0.4, 0.5) is 0 Å². The van der Waals surface area contributed by atoms with Crippen LogP contribution in [0.5, 0.6) is 0 Å². The van der Waals surface area contributed by atoms with Gasteiger partial charge in [0.25, 0.3) is 0 Å². The average Bonchev–Trinajstić information content (AvgIpc) is 2.38. The topological polar surface area (TPSA) is 47.3 Å². The van der Waals surface area contributed by atoms with Crippen molar-refractivity contribution >= 4 is 0 Å². The first-order chi connectivity index (χ1) is 6.97. The Balaban J connectivity index is 2.80. The van der Waals surface area contributed by atoms with E-state index in [1.807, 2.05) is 0 Å². The number of hydrazine groups is 1. The number of rotatable bonds is 3. The van der Waals surface area contributed by atoms with Gasteiger partial charge in [0.1, 0.15) is 0 Å². The number of hydrogen-bond acceptors (Lipinski definition) is 3. The second-order valence-electron chi connectivity index (χ2n) is 4.92. The molecule has 0 bridgehead atoms. The molecule has 0 aliphatic carbocycles. The van der Waals surface area contributed by atoms with Crippen LogP contribution in [-0.4, -0.2) is 18.2 Å². The summed E-state index contributed by atoms with van der Waals surface area (Å²) in [5.74, 6) is 6.62. The lowest BCUT2D eigenvalue weighted by molar-refractivity contribution is 0.0492. The van der Waals surface area contributed by atoms with Crippen molar-refractivity contribution in [2.75, 3.05) is 0 Å². The van der Waals surface area contributed by atoms with Gasteiger partial charge in [0, 0.05) is 12.0 Å². The highest BCUT2D eigenvalue weighted by atomic mass is 16.5. The lowest BCUT2D eigenvalue weighted by atomic mass is 9.83. The Morgan fingerprint density at radius 1 is 1.27 bits per heavy atom. The maximum atomic E-state index is 5.83. The molecular formula is C12H24N2O. The molecule has 5 atom stereocenters. The van der Waals surface area contributed by atoms with E-state index in [0.717, 1.165) is 0 Å². The van der Waals surface area contributed by atoms with Crippen LogP contribution in [0, 0.1) is 11.8 Å². The number of nitrogens with two attached hydrogens (primary N) is 1. The second-order valence-corrected chi connectivity index (χ2v) is 4.92. The highest BCUT2D eigenvalue weighted by Crippen LogP contribution is 2.34. The summed E-state index contributed by atoms with van der Waals surface area (Å²) in [4.78, 5) is 0. The van der Waals surface area contributed by atoms with E-state index >= 15 is 0 Å². The van der Waals surface area contributed by atoms with Crippen molar-refractivity contribution in [3.8, 4) is 0 Å². The van der Waals surface area contributed by atoms with Crippen LogP contribution in [0.1, 0.15) is 34.6 Å². The van der Waals surface area contributed by atoms with Gasteiger partial charge in [0.15, 0.2) is 0 Å². The number of allylic oxidation sites excluding steroid dienone is 1. The largest absolute Gasteiger partial charge is 0.375 e. The summed E-state index contributed by atoms with van der Waals surface area (Å²) < 4.78 is 5.83. The molecule has 15 heavy (non-hydrogen) atoms. The summed E-state index contributed by atoms with van der Waals surface area (Å²) in [5, 5.41) is 0. The second kappa shape index (κ2) is 5.10. The Morgan fingerprint density at radius 2 is 1.87 bits per heavy atom. The van der Waals surface area contributed by atoms with Gasteiger partial charge in [-0.3, -0.25) is 11.3 Å². The normalized spacial score (nSPS) is 37.7. The van der Waals surface area contributed by atoms with Crippen LogP contribution in [0.3, 0.4) is 0 Å². The predicted octanol–water partition coefficient (Wildman–Crippen LogP) is 1.84. The molecule has 0 radical (unpaired) electrons. The molecular weight excluding hydrogens is 188 g/mol. The van der Waals surface area contributed by atoms with Gasteiger partial charge in [0.2, 0.25) is 0 Å². The minimum absolute atomic E-state index is 0.213. The van der Waals surface area contributed by atoms with Gasteiger partial charge in [-0.25, -0.2) is 0 Å². The minimum atomic E-state index is 0.213. The van der Waals surface area contributed by atoms with E-state index in [0.29, 0.717) is 17.9 Å². The molecule has 0 saturated carbocycles. The highest BCUT2D eigenvalue weighted by molar-refractivity contribution is 5.06. The smallest absolute Gasteiger partial charge is 0.0600 e. The van der Waals surface area contributed by atoms with Crippen molar-refractivity contribution in [2.24, 2.45) is 17.7 Å². The van der Waals surface area contributed by atoms with Crippen molar-refractivity contribution in [2.45, 2.75) is 52.9 Å². The van der Waals surface area contributed by atoms with Crippen LogP contribution in [0.15, 0.2) is 11.6 Å². The molecule has 0 spiro atoms. The Kier molecular flexibility index (Phi) is 4.32. The van der Waals surface area contributed by atoms with Crippen molar-refractivity contribution < 1.29 is 4.74 Å². The van der Waals surface area contributed by atoms with E-state index < -0.39 is 0 Å². The first-order valence-corrected chi connectivity index (χ1v) is 5.74.